The van der Waals surface area contributed by atoms with Gasteiger partial charge in [-0.05, 0) is 29.3 Å². The van der Waals surface area contributed by atoms with Crippen molar-refractivity contribution in [3.8, 4) is 0 Å². The smallest absolute Gasteiger partial charge is 0.242 e. The molecule has 0 fully saturated rings. The first kappa shape index (κ1) is 17.9. The van der Waals surface area contributed by atoms with Gasteiger partial charge >= 0.3 is 0 Å². The molecular formula is C17H15Cl2N3O2S. The third kappa shape index (κ3) is 4.61. The molecule has 25 heavy (non-hydrogen) atoms. The van der Waals surface area contributed by atoms with Crippen molar-refractivity contribution < 1.29 is 8.42 Å². The second-order valence-electron chi connectivity index (χ2n) is 5.45. The molecule has 0 aliphatic heterocycles. The molecule has 0 aliphatic rings. The van der Waals surface area contributed by atoms with E-state index in [9.17, 15) is 8.42 Å². The summed E-state index contributed by atoms with van der Waals surface area (Å²) >= 11 is 11.8. The van der Waals surface area contributed by atoms with Gasteiger partial charge in [0, 0.05) is 30.5 Å². The number of nitrogens with one attached hydrogen (secondary N) is 1. The zero-order chi connectivity index (χ0) is 17.9. The molecule has 0 atom stereocenters. The van der Waals surface area contributed by atoms with E-state index in [1.807, 2.05) is 35.0 Å². The Bertz CT molecular complexity index is 956. The number of halogens is 2. The summed E-state index contributed by atoms with van der Waals surface area (Å²) in [5, 5.41) is 0.446. The van der Waals surface area contributed by atoms with E-state index in [4.69, 9.17) is 23.2 Å². The Morgan fingerprint density at radius 1 is 1.04 bits per heavy atom. The van der Waals surface area contributed by atoms with Crippen molar-refractivity contribution in [3.63, 3.8) is 0 Å². The largest absolute Gasteiger partial charge is 0.333 e. The maximum atomic E-state index is 12.4. The van der Waals surface area contributed by atoms with Crippen LogP contribution in [0, 0.1) is 0 Å². The van der Waals surface area contributed by atoms with Crippen molar-refractivity contribution in [2.75, 3.05) is 0 Å². The highest BCUT2D eigenvalue weighted by atomic mass is 35.5. The summed E-state index contributed by atoms with van der Waals surface area (Å²) in [5.41, 5.74) is 1.94. The summed E-state index contributed by atoms with van der Waals surface area (Å²) in [6, 6.07) is 12.0. The lowest BCUT2D eigenvalue weighted by atomic mass is 10.1. The number of nitrogens with zero attached hydrogens (tertiary/aromatic N) is 2. The molecule has 5 nitrogen and oxygen atoms in total. The Balaban J connectivity index is 1.67. The van der Waals surface area contributed by atoms with Crippen LogP contribution in [-0.4, -0.2) is 18.0 Å². The second-order valence-corrected chi connectivity index (χ2v) is 8.03. The molecule has 0 bridgehead atoms. The lowest BCUT2D eigenvalue weighted by molar-refractivity contribution is 0.581. The van der Waals surface area contributed by atoms with Gasteiger partial charge in [0.1, 0.15) is 4.90 Å². The Labute approximate surface area is 156 Å². The fraction of sp³-hybridized carbons (Fsp3) is 0.118. The topological polar surface area (TPSA) is 64.0 Å². The number of rotatable bonds is 6. The van der Waals surface area contributed by atoms with Crippen molar-refractivity contribution in [1.82, 2.24) is 14.3 Å². The third-order valence-corrected chi connectivity index (χ3v) is 5.71. The Morgan fingerprint density at radius 2 is 1.76 bits per heavy atom. The maximum absolute atomic E-state index is 12.4. The molecular weight excluding hydrogens is 381 g/mol. The first-order chi connectivity index (χ1) is 11.9. The van der Waals surface area contributed by atoms with Gasteiger partial charge in [-0.1, -0.05) is 47.5 Å². The van der Waals surface area contributed by atoms with E-state index in [1.54, 1.807) is 18.6 Å². The fourth-order valence-corrected chi connectivity index (χ4v) is 4.07. The van der Waals surface area contributed by atoms with E-state index in [1.165, 1.54) is 12.1 Å². The molecule has 3 aromatic rings. The van der Waals surface area contributed by atoms with Crippen LogP contribution in [0.5, 0.6) is 0 Å². The van der Waals surface area contributed by atoms with E-state index >= 15 is 0 Å². The molecule has 3 rings (SSSR count). The van der Waals surface area contributed by atoms with E-state index < -0.39 is 10.0 Å². The van der Waals surface area contributed by atoms with Crippen LogP contribution >= 0.6 is 23.2 Å². The number of sulfonamides is 1. The number of hydrogen-bond donors (Lipinski definition) is 1. The monoisotopic (exact) mass is 395 g/mol. The number of imidazole rings is 1. The minimum atomic E-state index is -3.74. The van der Waals surface area contributed by atoms with Gasteiger partial charge in [-0.2, -0.15) is 0 Å². The summed E-state index contributed by atoms with van der Waals surface area (Å²) in [6.07, 6.45) is 5.36. The van der Waals surface area contributed by atoms with Crippen molar-refractivity contribution in [3.05, 3.63) is 82.4 Å². The fourth-order valence-electron chi connectivity index (χ4n) is 2.29. The highest BCUT2D eigenvalue weighted by Crippen LogP contribution is 2.25. The van der Waals surface area contributed by atoms with Crippen LogP contribution < -0.4 is 4.72 Å². The Kier molecular flexibility index (Phi) is 5.44. The number of aromatic nitrogens is 2. The summed E-state index contributed by atoms with van der Waals surface area (Å²) in [4.78, 5) is 3.97. The Morgan fingerprint density at radius 3 is 2.44 bits per heavy atom. The van der Waals surface area contributed by atoms with Crippen LogP contribution in [0.1, 0.15) is 11.1 Å². The van der Waals surface area contributed by atoms with Gasteiger partial charge in [0.05, 0.1) is 11.3 Å². The normalized spacial score (nSPS) is 11.6. The van der Waals surface area contributed by atoms with Crippen LogP contribution in [0.15, 0.2) is 66.1 Å². The van der Waals surface area contributed by atoms with Gasteiger partial charge in [0.25, 0.3) is 0 Å². The predicted octanol–water partition coefficient (Wildman–Crippen LogP) is 3.72. The van der Waals surface area contributed by atoms with Crippen molar-refractivity contribution >= 4 is 33.2 Å². The molecule has 0 spiro atoms. The Hall–Kier alpha value is -1.86. The molecule has 0 radical (unpaired) electrons. The van der Waals surface area contributed by atoms with Crippen molar-refractivity contribution in [2.45, 2.75) is 18.0 Å². The van der Waals surface area contributed by atoms with Crippen LogP contribution in [-0.2, 0) is 23.1 Å². The summed E-state index contributed by atoms with van der Waals surface area (Å²) < 4.78 is 29.3. The molecule has 2 aromatic carbocycles. The maximum Gasteiger partial charge on any atom is 0.242 e. The van der Waals surface area contributed by atoms with E-state index in [0.717, 1.165) is 11.1 Å². The van der Waals surface area contributed by atoms with Gasteiger partial charge in [-0.15, -0.1) is 0 Å². The van der Waals surface area contributed by atoms with Crippen molar-refractivity contribution in [2.24, 2.45) is 0 Å². The highest BCUT2D eigenvalue weighted by Gasteiger charge is 2.18. The molecule has 0 saturated carbocycles. The average Bonchev–Trinajstić information content (AvgIpc) is 3.09. The molecule has 1 heterocycles. The second kappa shape index (κ2) is 7.58. The van der Waals surface area contributed by atoms with Crippen molar-refractivity contribution in [1.29, 1.82) is 0 Å². The number of hydrogen-bond acceptors (Lipinski definition) is 3. The van der Waals surface area contributed by atoms with E-state index in [0.29, 0.717) is 11.6 Å². The number of benzene rings is 2. The lowest BCUT2D eigenvalue weighted by Gasteiger charge is -2.09. The predicted molar refractivity (Wildman–Crippen MR) is 98.3 cm³/mol. The minimum absolute atomic E-state index is 0.0293. The molecule has 130 valence electrons. The summed E-state index contributed by atoms with van der Waals surface area (Å²) in [6.45, 7) is 0.876. The van der Waals surface area contributed by atoms with Gasteiger partial charge in [0.2, 0.25) is 10.0 Å². The van der Waals surface area contributed by atoms with Gasteiger partial charge in [0.15, 0.2) is 0 Å². The first-order valence-corrected chi connectivity index (χ1v) is 9.66. The average molecular weight is 396 g/mol. The first-order valence-electron chi connectivity index (χ1n) is 7.42. The molecule has 0 saturated heterocycles. The van der Waals surface area contributed by atoms with Gasteiger partial charge in [-0.3, -0.25) is 0 Å². The molecule has 0 unspecified atom stereocenters. The van der Waals surface area contributed by atoms with E-state index in [2.05, 4.69) is 9.71 Å². The van der Waals surface area contributed by atoms with Gasteiger partial charge in [-0.25, -0.2) is 18.1 Å². The lowest BCUT2D eigenvalue weighted by Crippen LogP contribution is -2.23. The zero-order valence-corrected chi connectivity index (χ0v) is 15.4. The zero-order valence-electron chi connectivity index (χ0n) is 13.1. The minimum Gasteiger partial charge on any atom is -0.333 e. The molecule has 1 N–H and O–H groups in total. The van der Waals surface area contributed by atoms with Crippen LogP contribution in [0.3, 0.4) is 0 Å². The third-order valence-electron chi connectivity index (χ3n) is 3.60. The highest BCUT2D eigenvalue weighted by molar-refractivity contribution is 7.89. The SMILES string of the molecule is O=S(=O)(NCc1ccc(Cn2ccnc2)cc1)c1cc(Cl)ccc1Cl. The van der Waals surface area contributed by atoms with Crippen LogP contribution in [0.25, 0.3) is 0 Å². The quantitative estimate of drug-likeness (QED) is 0.691. The molecule has 0 aliphatic carbocycles. The standard InChI is InChI=1S/C17H15Cl2N3O2S/c18-15-5-6-16(19)17(9-15)25(23,24)21-10-13-1-3-14(4-2-13)11-22-8-7-20-12-22/h1-9,12,21H,10-11H2. The van der Waals surface area contributed by atoms with Crippen LogP contribution in [0.2, 0.25) is 10.0 Å². The summed E-state index contributed by atoms with van der Waals surface area (Å²) in [5.74, 6) is 0. The molecule has 0 amide bonds. The summed E-state index contributed by atoms with van der Waals surface area (Å²) in [7, 11) is -3.74. The molecule has 1 aromatic heterocycles. The van der Waals surface area contributed by atoms with Gasteiger partial charge < -0.3 is 4.57 Å². The van der Waals surface area contributed by atoms with E-state index in [-0.39, 0.29) is 16.5 Å². The molecule has 8 heteroatoms. The van der Waals surface area contributed by atoms with Crippen LogP contribution in [0.4, 0.5) is 0 Å².